The first-order chi connectivity index (χ1) is 16.2. The average Bonchev–Trinajstić information content (AvgIpc) is 3.44. The Hall–Kier alpha value is -3.77. The maximum atomic E-state index is 13.3. The van der Waals surface area contributed by atoms with E-state index in [0.29, 0.717) is 35.6 Å². The number of nitrogens with zero attached hydrogens (tertiary/aromatic N) is 4. The molecule has 34 heavy (non-hydrogen) atoms. The van der Waals surface area contributed by atoms with Crippen molar-refractivity contribution in [2.24, 2.45) is 0 Å². The van der Waals surface area contributed by atoms with Crippen molar-refractivity contribution >= 4 is 6.09 Å². The number of ether oxygens (including phenoxy) is 2. The van der Waals surface area contributed by atoms with Crippen molar-refractivity contribution in [1.82, 2.24) is 20.0 Å². The second-order valence-electron chi connectivity index (χ2n) is 8.89. The third-order valence-corrected chi connectivity index (χ3v) is 5.12. The number of aromatic nitrogens is 3. The Kier molecular flexibility index (Phi) is 6.61. The van der Waals surface area contributed by atoms with Crippen LogP contribution in [0.2, 0.25) is 0 Å². The quantitative estimate of drug-likeness (QED) is 0.532. The summed E-state index contributed by atoms with van der Waals surface area (Å²) >= 11 is 0. The van der Waals surface area contributed by atoms with Gasteiger partial charge in [0.1, 0.15) is 23.2 Å². The molecule has 4 rings (SSSR count). The molecular weight excluding hydrogens is 439 g/mol. The van der Waals surface area contributed by atoms with Crippen LogP contribution in [-0.4, -0.2) is 51.5 Å². The van der Waals surface area contributed by atoms with Gasteiger partial charge in [0.15, 0.2) is 0 Å². The molecule has 1 aromatic carbocycles. The van der Waals surface area contributed by atoms with Crippen molar-refractivity contribution in [1.29, 1.82) is 0 Å². The van der Waals surface area contributed by atoms with Gasteiger partial charge in [-0.1, -0.05) is 23.1 Å². The highest BCUT2D eigenvalue weighted by atomic mass is 19.1. The molecule has 1 saturated heterocycles. The fourth-order valence-corrected chi connectivity index (χ4v) is 3.51. The molecule has 0 bridgehead atoms. The minimum atomic E-state index is -0.629. The summed E-state index contributed by atoms with van der Waals surface area (Å²) in [6, 6.07) is 9.12. The molecule has 0 N–H and O–H groups in total. The zero-order chi connectivity index (χ0) is 24.3. The molecule has 1 fully saturated rings. The maximum Gasteiger partial charge on any atom is 0.411 e. The average molecular weight is 464 g/mol. The van der Waals surface area contributed by atoms with Crippen LogP contribution in [0.25, 0.3) is 11.5 Å². The number of pyridine rings is 1. The molecule has 0 radical (unpaired) electrons. The predicted octanol–water partition coefficient (Wildman–Crippen LogP) is 4.37. The fourth-order valence-electron chi connectivity index (χ4n) is 3.51. The highest BCUT2D eigenvalue weighted by Gasteiger charge is 2.41. The fraction of sp³-hybridized carbons (Fsp3) is 0.360. The van der Waals surface area contributed by atoms with Crippen LogP contribution in [0.3, 0.4) is 0 Å². The summed E-state index contributed by atoms with van der Waals surface area (Å²) in [6.45, 7) is 5.80. The first-order valence-corrected chi connectivity index (χ1v) is 10.8. The summed E-state index contributed by atoms with van der Waals surface area (Å²) in [4.78, 5) is 23.1. The second kappa shape index (κ2) is 9.61. The number of amides is 1. The van der Waals surface area contributed by atoms with Gasteiger partial charge in [0.25, 0.3) is 0 Å². The Morgan fingerprint density at radius 1 is 1.21 bits per heavy atom. The lowest BCUT2D eigenvalue weighted by Gasteiger charge is -2.26. The number of hydrogen-bond acceptors (Lipinski definition) is 7. The van der Waals surface area contributed by atoms with Gasteiger partial charge in [-0.15, -0.1) is 0 Å². The van der Waals surface area contributed by atoms with E-state index in [2.05, 4.69) is 27.0 Å². The Labute approximate surface area is 197 Å². The molecule has 3 aromatic rings. The van der Waals surface area contributed by atoms with E-state index in [1.165, 1.54) is 12.1 Å². The normalized spacial score (nSPS) is 17.9. The Morgan fingerprint density at radius 3 is 2.68 bits per heavy atom. The van der Waals surface area contributed by atoms with E-state index in [0.717, 1.165) is 0 Å². The number of likely N-dealkylation sites (tertiary alicyclic amines) is 1. The lowest BCUT2D eigenvalue weighted by atomic mass is 10.2. The van der Waals surface area contributed by atoms with Crippen LogP contribution in [-0.2, 0) is 9.47 Å². The summed E-state index contributed by atoms with van der Waals surface area (Å²) < 4.78 is 29.8. The van der Waals surface area contributed by atoms with Crippen molar-refractivity contribution in [2.75, 3.05) is 13.7 Å². The number of carbonyl (C=O) groups is 1. The van der Waals surface area contributed by atoms with Gasteiger partial charge in [0, 0.05) is 30.9 Å². The molecule has 8 nitrogen and oxygen atoms in total. The third-order valence-electron chi connectivity index (χ3n) is 5.12. The smallest absolute Gasteiger partial charge is 0.411 e. The van der Waals surface area contributed by atoms with Crippen LogP contribution in [0.4, 0.5) is 9.18 Å². The van der Waals surface area contributed by atoms with Crippen molar-refractivity contribution in [3.8, 4) is 23.4 Å². The molecular formula is C25H25FN4O4. The van der Waals surface area contributed by atoms with Crippen molar-refractivity contribution in [3.63, 3.8) is 0 Å². The van der Waals surface area contributed by atoms with E-state index in [1.54, 1.807) is 42.5 Å². The van der Waals surface area contributed by atoms with E-state index < -0.39 is 17.7 Å². The van der Waals surface area contributed by atoms with Crippen LogP contribution >= 0.6 is 0 Å². The van der Waals surface area contributed by atoms with Crippen molar-refractivity contribution in [2.45, 2.75) is 44.9 Å². The van der Waals surface area contributed by atoms with Crippen LogP contribution in [0.1, 0.15) is 50.3 Å². The molecule has 2 unspecified atom stereocenters. The van der Waals surface area contributed by atoms with Gasteiger partial charge in [-0.25, -0.2) is 9.18 Å². The highest BCUT2D eigenvalue weighted by Crippen LogP contribution is 2.34. The molecule has 0 spiro atoms. The van der Waals surface area contributed by atoms with Crippen LogP contribution in [0.5, 0.6) is 0 Å². The molecule has 176 valence electrons. The number of hydrogen-bond donors (Lipinski definition) is 0. The monoisotopic (exact) mass is 464 g/mol. The van der Waals surface area contributed by atoms with Gasteiger partial charge in [0.05, 0.1) is 12.6 Å². The van der Waals surface area contributed by atoms with Crippen LogP contribution < -0.4 is 0 Å². The summed E-state index contributed by atoms with van der Waals surface area (Å²) in [5, 5.41) is 4.04. The van der Waals surface area contributed by atoms with E-state index in [4.69, 9.17) is 14.0 Å². The molecule has 9 heteroatoms. The molecule has 0 saturated carbocycles. The molecule has 2 atom stereocenters. The highest BCUT2D eigenvalue weighted by molar-refractivity contribution is 5.69. The molecule has 1 aliphatic rings. The van der Waals surface area contributed by atoms with Gasteiger partial charge < -0.3 is 14.0 Å². The molecule has 3 heterocycles. The van der Waals surface area contributed by atoms with Gasteiger partial charge >= 0.3 is 6.09 Å². The summed E-state index contributed by atoms with van der Waals surface area (Å²) in [7, 11) is 1.60. The minimum absolute atomic E-state index is 0.165. The van der Waals surface area contributed by atoms with Gasteiger partial charge in [-0.2, -0.15) is 4.98 Å². The molecule has 0 aliphatic carbocycles. The zero-order valence-corrected chi connectivity index (χ0v) is 19.4. The lowest BCUT2D eigenvalue weighted by Crippen LogP contribution is -2.37. The number of benzene rings is 1. The number of halogens is 1. The summed E-state index contributed by atoms with van der Waals surface area (Å²) in [5.74, 6) is 6.10. The topological polar surface area (TPSA) is 90.6 Å². The van der Waals surface area contributed by atoms with Crippen molar-refractivity contribution in [3.05, 3.63) is 65.4 Å². The summed E-state index contributed by atoms with van der Waals surface area (Å²) in [5.41, 5.74) is 1.10. The van der Waals surface area contributed by atoms with Crippen molar-refractivity contribution < 1.29 is 23.2 Å². The second-order valence-corrected chi connectivity index (χ2v) is 8.89. The predicted molar refractivity (Wildman–Crippen MR) is 121 cm³/mol. The minimum Gasteiger partial charge on any atom is -0.444 e. The maximum absolute atomic E-state index is 13.3. The van der Waals surface area contributed by atoms with E-state index in [-0.39, 0.29) is 17.8 Å². The number of methoxy groups -OCH3 is 1. The van der Waals surface area contributed by atoms with Gasteiger partial charge in [0.2, 0.25) is 11.7 Å². The van der Waals surface area contributed by atoms with E-state index >= 15 is 0 Å². The van der Waals surface area contributed by atoms with Gasteiger partial charge in [-0.3, -0.25) is 9.88 Å². The molecule has 2 aromatic heterocycles. The molecule has 1 amide bonds. The number of carbonyl (C=O) groups excluding carboxylic acids is 1. The SMILES string of the molecule is COC1CC(c2nc(-c3ccc(C#Cc4cccc(F)c4)cn3)no2)N(C(=O)OC(C)(C)C)C1. The summed E-state index contributed by atoms with van der Waals surface area (Å²) in [6.07, 6.45) is 1.47. The Morgan fingerprint density at radius 2 is 2.00 bits per heavy atom. The zero-order valence-electron chi connectivity index (χ0n) is 19.4. The van der Waals surface area contributed by atoms with Crippen LogP contribution in [0, 0.1) is 17.7 Å². The number of rotatable bonds is 3. The first kappa shape index (κ1) is 23.4. The van der Waals surface area contributed by atoms with Gasteiger partial charge in [-0.05, 0) is 51.1 Å². The lowest BCUT2D eigenvalue weighted by molar-refractivity contribution is 0.0174. The standard InChI is InChI=1S/C25H25FN4O4/c1-25(2,3)33-24(31)30-15-19(32-4)13-21(30)23-28-22(29-34-23)20-11-10-17(14-27-20)9-8-16-6-5-7-18(26)12-16/h5-7,10-12,14,19,21H,13,15H2,1-4H3. The van der Waals surface area contributed by atoms with Crippen LogP contribution in [0.15, 0.2) is 47.1 Å². The largest absolute Gasteiger partial charge is 0.444 e. The first-order valence-electron chi connectivity index (χ1n) is 10.8. The van der Waals surface area contributed by atoms with E-state index in [1.807, 2.05) is 20.8 Å². The van der Waals surface area contributed by atoms with E-state index in [9.17, 15) is 9.18 Å². The third kappa shape index (κ3) is 5.58. The molecule has 1 aliphatic heterocycles. The Bertz CT molecular complexity index is 1220. The Balaban J connectivity index is 1.50.